The van der Waals surface area contributed by atoms with Gasteiger partial charge in [0.05, 0.1) is 0 Å². The van der Waals surface area contributed by atoms with E-state index in [0.29, 0.717) is 17.9 Å². The molecule has 1 aromatic carbocycles. The number of hydrogen-bond acceptors (Lipinski definition) is 4. The second-order valence-electron chi connectivity index (χ2n) is 6.18. The number of carbonyl (C=O) groups is 1. The van der Waals surface area contributed by atoms with Gasteiger partial charge in [0.15, 0.2) is 5.82 Å². The minimum Gasteiger partial charge on any atom is -0.358 e. The molecule has 0 fully saturated rings. The number of carbonyl (C=O) groups excluding carboxylic acids is 1. The van der Waals surface area contributed by atoms with Crippen molar-refractivity contribution >= 4 is 16.8 Å². The largest absolute Gasteiger partial charge is 0.358 e. The molecule has 0 aliphatic rings. The summed E-state index contributed by atoms with van der Waals surface area (Å²) in [6.45, 7) is 4.62. The highest BCUT2D eigenvalue weighted by atomic mass is 16.1. The normalized spacial score (nSPS) is 11.0. The number of nitrogens with one attached hydrogen (secondary N) is 2. The smallest absolute Gasteiger partial charge is 0.251 e. The van der Waals surface area contributed by atoms with Gasteiger partial charge in [-0.2, -0.15) is 5.10 Å². The van der Waals surface area contributed by atoms with Crippen molar-refractivity contribution in [2.24, 2.45) is 0 Å². The van der Waals surface area contributed by atoms with Crippen LogP contribution in [0.15, 0.2) is 49.2 Å². The van der Waals surface area contributed by atoms with Crippen molar-refractivity contribution in [3.63, 3.8) is 0 Å². The fourth-order valence-electron chi connectivity index (χ4n) is 2.91. The van der Waals surface area contributed by atoms with Crippen LogP contribution in [0, 0.1) is 13.8 Å². The molecule has 7 nitrogen and oxygen atoms in total. The number of fused-ring (bicyclic) bond motifs is 1. The lowest BCUT2D eigenvalue weighted by molar-refractivity contribution is 0.0950. The van der Waals surface area contributed by atoms with E-state index in [1.165, 1.54) is 27.7 Å². The maximum absolute atomic E-state index is 12.5. The number of aromatic amines is 1. The zero-order chi connectivity index (χ0) is 18.1. The number of amides is 1. The van der Waals surface area contributed by atoms with Crippen LogP contribution in [0.5, 0.6) is 0 Å². The molecule has 0 bridgehead atoms. The van der Waals surface area contributed by atoms with Gasteiger partial charge in [0.1, 0.15) is 12.7 Å². The molecule has 4 rings (SSSR count). The van der Waals surface area contributed by atoms with Gasteiger partial charge >= 0.3 is 0 Å². The average Bonchev–Trinajstić information content (AvgIpc) is 3.29. The molecule has 3 aromatic heterocycles. The van der Waals surface area contributed by atoms with E-state index in [1.807, 2.05) is 12.1 Å². The van der Waals surface area contributed by atoms with Crippen molar-refractivity contribution in [1.82, 2.24) is 30.0 Å². The van der Waals surface area contributed by atoms with Crippen molar-refractivity contribution in [3.8, 4) is 5.82 Å². The zero-order valence-corrected chi connectivity index (χ0v) is 14.5. The molecular formula is C19H18N6O. The van der Waals surface area contributed by atoms with Crippen molar-refractivity contribution in [3.05, 3.63) is 71.6 Å². The minimum atomic E-state index is -0.157. The molecule has 0 aliphatic carbocycles. The first-order valence-corrected chi connectivity index (χ1v) is 8.29. The SMILES string of the molecule is Cc1[nH]c2ccc(CNC(=O)c3ccnc(-n4cncn4)c3)cc2c1C. The number of nitrogens with zero attached hydrogens (tertiary/aromatic N) is 4. The van der Waals surface area contributed by atoms with Gasteiger partial charge in [-0.15, -0.1) is 0 Å². The van der Waals surface area contributed by atoms with Gasteiger partial charge in [-0.25, -0.2) is 14.6 Å². The Morgan fingerprint density at radius 3 is 2.92 bits per heavy atom. The second kappa shape index (κ2) is 6.44. The fraction of sp³-hybridized carbons (Fsp3) is 0.158. The number of rotatable bonds is 4. The summed E-state index contributed by atoms with van der Waals surface area (Å²) in [5.41, 5.74) is 5.10. The monoisotopic (exact) mass is 346 g/mol. The van der Waals surface area contributed by atoms with E-state index in [4.69, 9.17) is 0 Å². The first-order chi connectivity index (χ1) is 12.6. The van der Waals surface area contributed by atoms with Crippen molar-refractivity contribution in [1.29, 1.82) is 0 Å². The van der Waals surface area contributed by atoms with E-state index in [-0.39, 0.29) is 5.91 Å². The number of aryl methyl sites for hydroxylation is 2. The molecule has 4 aromatic rings. The van der Waals surface area contributed by atoms with Crippen LogP contribution in [-0.2, 0) is 6.54 Å². The Balaban J connectivity index is 1.50. The van der Waals surface area contributed by atoms with Gasteiger partial charge in [-0.1, -0.05) is 6.07 Å². The van der Waals surface area contributed by atoms with E-state index >= 15 is 0 Å². The molecule has 0 atom stereocenters. The first-order valence-electron chi connectivity index (χ1n) is 8.29. The molecule has 0 radical (unpaired) electrons. The van der Waals surface area contributed by atoms with Gasteiger partial charge in [0, 0.05) is 34.9 Å². The van der Waals surface area contributed by atoms with Crippen LogP contribution >= 0.6 is 0 Å². The Hall–Kier alpha value is -3.48. The third-order valence-corrected chi connectivity index (χ3v) is 4.49. The quantitative estimate of drug-likeness (QED) is 0.595. The van der Waals surface area contributed by atoms with Crippen LogP contribution in [0.1, 0.15) is 27.2 Å². The van der Waals surface area contributed by atoms with Gasteiger partial charge in [-0.3, -0.25) is 4.79 Å². The molecule has 0 saturated carbocycles. The zero-order valence-electron chi connectivity index (χ0n) is 14.5. The summed E-state index contributed by atoms with van der Waals surface area (Å²) >= 11 is 0. The molecule has 0 spiro atoms. The molecule has 7 heteroatoms. The Morgan fingerprint density at radius 1 is 1.23 bits per heavy atom. The molecule has 0 saturated heterocycles. The lowest BCUT2D eigenvalue weighted by Gasteiger charge is -2.07. The molecular weight excluding hydrogens is 328 g/mol. The molecule has 2 N–H and O–H groups in total. The highest BCUT2D eigenvalue weighted by molar-refractivity contribution is 5.94. The summed E-state index contributed by atoms with van der Waals surface area (Å²) in [6, 6.07) is 9.55. The molecule has 0 aliphatic heterocycles. The van der Waals surface area contributed by atoms with Crippen molar-refractivity contribution in [2.75, 3.05) is 0 Å². The maximum atomic E-state index is 12.5. The van der Waals surface area contributed by atoms with E-state index in [1.54, 1.807) is 24.7 Å². The number of benzene rings is 1. The van der Waals surface area contributed by atoms with Crippen molar-refractivity contribution in [2.45, 2.75) is 20.4 Å². The average molecular weight is 346 g/mol. The predicted octanol–water partition coefficient (Wildman–Crippen LogP) is 2.69. The van der Waals surface area contributed by atoms with Crippen LogP contribution in [0.3, 0.4) is 0 Å². The number of hydrogen-bond donors (Lipinski definition) is 2. The number of H-pyrrole nitrogens is 1. The molecule has 26 heavy (non-hydrogen) atoms. The Bertz CT molecular complexity index is 1080. The van der Waals surface area contributed by atoms with Gasteiger partial charge < -0.3 is 10.3 Å². The standard InChI is InChI=1S/C19H18N6O/c1-12-13(2)24-17-4-3-14(7-16(12)17)9-22-19(26)15-5-6-21-18(8-15)25-11-20-10-23-25/h3-8,10-11,24H,9H2,1-2H3,(H,22,26). The van der Waals surface area contributed by atoms with Crippen LogP contribution in [-0.4, -0.2) is 30.6 Å². The third-order valence-electron chi connectivity index (χ3n) is 4.49. The second-order valence-corrected chi connectivity index (χ2v) is 6.18. The van der Waals surface area contributed by atoms with Crippen LogP contribution in [0.4, 0.5) is 0 Å². The van der Waals surface area contributed by atoms with Crippen LogP contribution in [0.2, 0.25) is 0 Å². The third kappa shape index (κ3) is 2.95. The Labute approximate surface area is 150 Å². The summed E-state index contributed by atoms with van der Waals surface area (Å²) in [6.07, 6.45) is 4.56. The van der Waals surface area contributed by atoms with E-state index < -0.39 is 0 Å². The lowest BCUT2D eigenvalue weighted by Crippen LogP contribution is -2.23. The van der Waals surface area contributed by atoms with Gasteiger partial charge in [0.25, 0.3) is 5.91 Å². The Kier molecular flexibility index (Phi) is 3.96. The minimum absolute atomic E-state index is 0.157. The summed E-state index contributed by atoms with van der Waals surface area (Å²) in [4.78, 5) is 23.9. The summed E-state index contributed by atoms with van der Waals surface area (Å²) < 4.78 is 1.52. The van der Waals surface area contributed by atoms with E-state index in [9.17, 15) is 4.79 Å². The summed E-state index contributed by atoms with van der Waals surface area (Å²) in [5.74, 6) is 0.394. The molecule has 3 heterocycles. The van der Waals surface area contributed by atoms with Gasteiger partial charge in [0.2, 0.25) is 0 Å². The van der Waals surface area contributed by atoms with Crippen molar-refractivity contribution < 1.29 is 4.79 Å². The van der Waals surface area contributed by atoms with E-state index in [2.05, 4.69) is 45.3 Å². The Morgan fingerprint density at radius 2 is 2.12 bits per heavy atom. The van der Waals surface area contributed by atoms with E-state index in [0.717, 1.165) is 11.1 Å². The van der Waals surface area contributed by atoms with Gasteiger partial charge in [-0.05, 0) is 49.2 Å². The number of pyridine rings is 1. The summed E-state index contributed by atoms with van der Waals surface area (Å²) in [5, 5.41) is 8.17. The van der Waals surface area contributed by atoms with Crippen LogP contribution < -0.4 is 5.32 Å². The first kappa shape index (κ1) is 16.0. The molecule has 0 unspecified atom stereocenters. The fourth-order valence-corrected chi connectivity index (χ4v) is 2.91. The highest BCUT2D eigenvalue weighted by Crippen LogP contribution is 2.22. The number of aromatic nitrogens is 5. The maximum Gasteiger partial charge on any atom is 0.251 e. The predicted molar refractivity (Wildman–Crippen MR) is 98.1 cm³/mol. The molecule has 130 valence electrons. The van der Waals surface area contributed by atoms with Crippen LogP contribution in [0.25, 0.3) is 16.7 Å². The lowest BCUT2D eigenvalue weighted by atomic mass is 10.1. The topological polar surface area (TPSA) is 88.5 Å². The molecule has 1 amide bonds. The summed E-state index contributed by atoms with van der Waals surface area (Å²) in [7, 11) is 0. The highest BCUT2D eigenvalue weighted by Gasteiger charge is 2.09.